The number of aromatic hydroxyl groups is 1. The number of methoxy groups -OCH3 is 1. The highest BCUT2D eigenvalue weighted by Gasteiger charge is 2.44. The monoisotopic (exact) mass is 582 g/mol. The van der Waals surface area contributed by atoms with Gasteiger partial charge in [-0.3, -0.25) is 9.59 Å². The zero-order valence-electron chi connectivity index (χ0n) is 24.6. The Balaban J connectivity index is 0.000000171. The minimum atomic E-state index is -0.994. The van der Waals surface area contributed by atoms with Crippen molar-refractivity contribution in [1.82, 2.24) is 0 Å². The zero-order chi connectivity index (χ0) is 31.1. The first-order valence-electron chi connectivity index (χ1n) is 13.9. The van der Waals surface area contributed by atoms with E-state index in [9.17, 15) is 24.9 Å². The molecule has 222 valence electrons. The van der Waals surface area contributed by atoms with Gasteiger partial charge in [0, 0.05) is 46.2 Å². The van der Waals surface area contributed by atoms with Crippen LogP contribution in [-0.4, -0.2) is 34.4 Å². The molecule has 6 rings (SSSR count). The minimum absolute atomic E-state index is 0.0972. The average molecular weight is 583 g/mol. The highest BCUT2D eigenvalue weighted by Crippen LogP contribution is 2.53. The zero-order valence-corrected chi connectivity index (χ0v) is 24.6. The van der Waals surface area contributed by atoms with E-state index in [1.807, 2.05) is 60.7 Å². The number of carboxylic acid groups (broad SMARTS) is 2. The van der Waals surface area contributed by atoms with Gasteiger partial charge in [-0.2, -0.15) is 0 Å². The summed E-state index contributed by atoms with van der Waals surface area (Å²) in [5.74, 6) is 0.943. The van der Waals surface area contributed by atoms with E-state index in [4.69, 9.17) is 14.2 Å². The Morgan fingerprint density at radius 3 is 1.51 bits per heavy atom. The number of ether oxygens (including phenoxy) is 3. The lowest BCUT2D eigenvalue weighted by atomic mass is 9.70. The third-order valence-electron chi connectivity index (χ3n) is 8.29. The molecule has 0 aromatic heterocycles. The Morgan fingerprint density at radius 2 is 1.05 bits per heavy atom. The van der Waals surface area contributed by atoms with Gasteiger partial charge in [-0.05, 0) is 52.0 Å². The summed E-state index contributed by atoms with van der Waals surface area (Å²) in [7, 11) is 1.59. The lowest BCUT2D eigenvalue weighted by molar-refractivity contribution is -0.148. The summed E-state index contributed by atoms with van der Waals surface area (Å²) >= 11 is 0. The Kier molecular flexibility index (Phi) is 7.56. The van der Waals surface area contributed by atoms with Gasteiger partial charge in [-0.1, -0.05) is 48.5 Å². The van der Waals surface area contributed by atoms with Crippen LogP contribution in [0.3, 0.4) is 0 Å². The molecule has 43 heavy (non-hydrogen) atoms. The molecule has 8 nitrogen and oxygen atoms in total. The molecule has 0 radical (unpaired) electrons. The maximum atomic E-state index is 11.8. The quantitative estimate of drug-likeness (QED) is 0.218. The fraction of sp³-hybridized carbons (Fsp3) is 0.257. The molecule has 2 atom stereocenters. The number of rotatable bonds is 5. The van der Waals surface area contributed by atoms with Crippen molar-refractivity contribution in [2.75, 3.05) is 7.11 Å². The minimum Gasteiger partial charge on any atom is -0.508 e. The number of carbonyl (C=O) groups is 2. The van der Waals surface area contributed by atoms with E-state index in [0.29, 0.717) is 28.7 Å². The topological polar surface area (TPSA) is 123 Å². The third-order valence-corrected chi connectivity index (χ3v) is 8.29. The largest absolute Gasteiger partial charge is 0.508 e. The summed E-state index contributed by atoms with van der Waals surface area (Å²) in [4.78, 5) is 23.5. The van der Waals surface area contributed by atoms with Gasteiger partial charge in [-0.15, -0.1) is 0 Å². The second-order valence-electron chi connectivity index (χ2n) is 11.8. The van der Waals surface area contributed by atoms with Gasteiger partial charge < -0.3 is 29.5 Å². The van der Waals surface area contributed by atoms with Gasteiger partial charge >= 0.3 is 11.9 Å². The average Bonchev–Trinajstić information content (AvgIpc) is 2.98. The molecule has 0 amide bonds. The number of phenolic OH excluding ortho intramolecular Hbond substituents is 1. The summed E-state index contributed by atoms with van der Waals surface area (Å²) in [6.07, 6.45) is 0. The second-order valence-corrected chi connectivity index (χ2v) is 11.8. The number of fused-ring (bicyclic) bond motifs is 4. The number of aliphatic carboxylic acids is 2. The number of carboxylic acids is 2. The number of phenols is 1. The number of para-hydroxylation sites is 2. The SMILES string of the molecule is CC(C)(C(=O)O)[C@H]1c2ccccc2Oc2cc(O)ccc21.COc1ccc2c(c1)Oc1ccccc1[C@@H]2C(C)(C)C(=O)O. The van der Waals surface area contributed by atoms with Crippen LogP contribution in [0.2, 0.25) is 0 Å². The molecule has 4 aromatic carbocycles. The first kappa shape index (κ1) is 29.5. The smallest absolute Gasteiger partial charge is 0.310 e. The van der Waals surface area contributed by atoms with Crippen LogP contribution in [0.4, 0.5) is 0 Å². The molecule has 0 fully saturated rings. The molecule has 2 heterocycles. The molecule has 0 aliphatic carbocycles. The van der Waals surface area contributed by atoms with Crippen molar-refractivity contribution in [3.63, 3.8) is 0 Å². The Bertz CT molecular complexity index is 1700. The van der Waals surface area contributed by atoms with Crippen molar-refractivity contribution in [3.05, 3.63) is 107 Å². The molecule has 0 spiro atoms. The molecule has 2 aliphatic rings. The van der Waals surface area contributed by atoms with Crippen LogP contribution in [0.15, 0.2) is 84.9 Å². The molecule has 8 heteroatoms. The van der Waals surface area contributed by atoms with Crippen LogP contribution in [0.5, 0.6) is 34.5 Å². The van der Waals surface area contributed by atoms with Crippen molar-refractivity contribution >= 4 is 11.9 Å². The fourth-order valence-electron chi connectivity index (χ4n) is 5.82. The summed E-state index contributed by atoms with van der Waals surface area (Å²) in [6.45, 7) is 6.91. The third kappa shape index (κ3) is 5.25. The number of benzene rings is 4. The number of hydrogen-bond donors (Lipinski definition) is 3. The molecular weight excluding hydrogens is 548 g/mol. The van der Waals surface area contributed by atoms with Crippen LogP contribution in [-0.2, 0) is 9.59 Å². The molecular formula is C35H34O8. The first-order valence-corrected chi connectivity index (χ1v) is 13.9. The lowest BCUT2D eigenvalue weighted by Gasteiger charge is -2.36. The van der Waals surface area contributed by atoms with Gasteiger partial charge in [0.15, 0.2) is 0 Å². The van der Waals surface area contributed by atoms with Crippen molar-refractivity contribution in [2.45, 2.75) is 39.5 Å². The maximum absolute atomic E-state index is 11.8. The van der Waals surface area contributed by atoms with Crippen molar-refractivity contribution in [1.29, 1.82) is 0 Å². The molecule has 0 bridgehead atoms. The Hall–Kier alpha value is -4.98. The van der Waals surface area contributed by atoms with Crippen molar-refractivity contribution < 1.29 is 39.1 Å². The van der Waals surface area contributed by atoms with Gasteiger partial charge in [0.1, 0.15) is 34.5 Å². The van der Waals surface area contributed by atoms with E-state index in [-0.39, 0.29) is 17.6 Å². The Labute approximate surface area is 250 Å². The van der Waals surface area contributed by atoms with Gasteiger partial charge in [0.05, 0.1) is 17.9 Å². The van der Waals surface area contributed by atoms with Gasteiger partial charge in [0.25, 0.3) is 0 Å². The van der Waals surface area contributed by atoms with Crippen LogP contribution < -0.4 is 14.2 Å². The van der Waals surface area contributed by atoms with Gasteiger partial charge in [-0.25, -0.2) is 0 Å². The van der Waals surface area contributed by atoms with E-state index >= 15 is 0 Å². The van der Waals surface area contributed by atoms with Crippen molar-refractivity contribution in [3.8, 4) is 34.5 Å². The van der Waals surface area contributed by atoms with E-state index in [0.717, 1.165) is 22.3 Å². The molecule has 3 N–H and O–H groups in total. The molecule has 2 aliphatic heterocycles. The number of hydrogen-bond acceptors (Lipinski definition) is 6. The molecule has 0 unspecified atom stereocenters. The lowest BCUT2D eigenvalue weighted by Crippen LogP contribution is -2.33. The summed E-state index contributed by atoms with van der Waals surface area (Å²) in [5.41, 5.74) is 1.44. The highest BCUT2D eigenvalue weighted by atomic mass is 16.5. The second kappa shape index (κ2) is 11.0. The van der Waals surface area contributed by atoms with Crippen LogP contribution in [0.25, 0.3) is 0 Å². The molecule has 0 saturated carbocycles. The molecule has 4 aromatic rings. The normalized spacial score (nSPS) is 16.4. The fourth-order valence-corrected chi connectivity index (χ4v) is 5.82. The van der Waals surface area contributed by atoms with E-state index < -0.39 is 22.8 Å². The standard InChI is InChI=1S/C18H18O4.C17H16O4/c1-18(2,17(19)20)16-12-6-4-5-7-14(12)22-15-10-11(21-3)8-9-13(15)16;1-17(2,16(19)20)15-11-5-3-4-6-13(11)21-14-9-10(18)7-8-12(14)15/h4-10,16H,1-3H3,(H,19,20);3-9,15,18H,1-2H3,(H,19,20)/t16-;15-/m00/s1. The van der Waals surface area contributed by atoms with Crippen molar-refractivity contribution in [2.24, 2.45) is 10.8 Å². The summed E-state index contributed by atoms with van der Waals surface area (Å²) in [5, 5.41) is 28.9. The Morgan fingerprint density at radius 1 is 0.628 bits per heavy atom. The predicted molar refractivity (Wildman–Crippen MR) is 161 cm³/mol. The van der Waals surface area contributed by atoms with Crippen LogP contribution in [0.1, 0.15) is 61.8 Å². The van der Waals surface area contributed by atoms with Gasteiger partial charge in [0.2, 0.25) is 0 Å². The van der Waals surface area contributed by atoms with E-state index in [2.05, 4.69) is 0 Å². The van der Waals surface area contributed by atoms with Crippen LogP contribution >= 0.6 is 0 Å². The van der Waals surface area contributed by atoms with Crippen LogP contribution in [0, 0.1) is 10.8 Å². The first-order chi connectivity index (χ1) is 20.4. The highest BCUT2D eigenvalue weighted by molar-refractivity contribution is 5.78. The summed E-state index contributed by atoms with van der Waals surface area (Å²) < 4.78 is 17.0. The van der Waals surface area contributed by atoms with E-state index in [1.165, 1.54) is 6.07 Å². The summed E-state index contributed by atoms with van der Waals surface area (Å²) in [6, 6.07) is 25.3. The molecule has 0 saturated heterocycles. The van der Waals surface area contributed by atoms with E-state index in [1.54, 1.807) is 53.0 Å². The maximum Gasteiger partial charge on any atom is 0.310 e. The predicted octanol–water partition coefficient (Wildman–Crippen LogP) is 7.78.